The van der Waals surface area contributed by atoms with E-state index < -0.39 is 36.3 Å². The Kier molecular flexibility index (Phi) is 6.85. The van der Waals surface area contributed by atoms with Crippen LogP contribution in [0.1, 0.15) is 24.8 Å². The van der Waals surface area contributed by atoms with Crippen molar-refractivity contribution < 1.29 is 13.7 Å². The second-order valence-electron chi connectivity index (χ2n) is 18.6. The standard InChI is InChI=1S/C68H46N4/c1-43-21-19-31-49(41-43)69(47-27-11-5-12-28-47)57-39-37-53-63-59(45-23-7-3-8-24-45)68-64(60(46-25-9-4-10-26-46)67(63)71-55-35-17-15-33-51(55)61(57)65(53)71)54-38-40-58(62-52-34-16-18-36-56(52)72(68)66(54)62)70(48-29-13-6-14-30-48)50-32-20-22-44(2)42-50/h3-42H,1-2H3/i5D,6D,11D,12D,13D,14D,27D,28D,29D,30D. The van der Waals surface area contributed by atoms with Gasteiger partial charge in [-0.1, -0.05) is 170 Å². The molecule has 72 heavy (non-hydrogen) atoms. The van der Waals surface area contributed by atoms with Crippen LogP contribution in [0.15, 0.2) is 242 Å². The van der Waals surface area contributed by atoms with Crippen molar-refractivity contribution in [3.05, 3.63) is 254 Å². The molecule has 15 aromatic rings. The molecule has 4 heteroatoms. The van der Waals surface area contributed by atoms with Crippen LogP contribution in [-0.4, -0.2) is 8.80 Å². The summed E-state index contributed by atoms with van der Waals surface area (Å²) in [5.74, 6) is 0. The lowest BCUT2D eigenvalue weighted by atomic mass is 9.89. The summed E-state index contributed by atoms with van der Waals surface area (Å²) in [5, 5.41) is 7.40. The lowest BCUT2D eigenvalue weighted by Crippen LogP contribution is -2.10. The van der Waals surface area contributed by atoms with Crippen LogP contribution in [0.3, 0.4) is 0 Å². The van der Waals surface area contributed by atoms with E-state index in [1.54, 1.807) is 0 Å². The van der Waals surface area contributed by atoms with Gasteiger partial charge in [0.15, 0.2) is 0 Å². The molecule has 0 fully saturated rings. The molecule has 0 saturated carbocycles. The number of nitrogens with zero attached hydrogens (tertiary/aromatic N) is 4. The maximum absolute atomic E-state index is 9.44. The minimum Gasteiger partial charge on any atom is -0.310 e. The molecular weight excluding hydrogens is 873 g/mol. The number of anilines is 6. The monoisotopic (exact) mass is 928 g/mol. The van der Waals surface area contributed by atoms with E-state index in [9.17, 15) is 5.48 Å². The minimum atomic E-state index is -0.466. The molecule has 4 aromatic heterocycles. The topological polar surface area (TPSA) is 15.3 Å². The highest BCUT2D eigenvalue weighted by atomic mass is 15.2. The number of hydrogen-bond donors (Lipinski definition) is 0. The molecule has 338 valence electrons. The molecular formula is C68H46N4. The molecule has 11 aromatic carbocycles. The lowest BCUT2D eigenvalue weighted by molar-refractivity contribution is 1.28. The molecule has 0 aliphatic rings. The molecule has 0 atom stereocenters. The molecule has 0 spiro atoms. The van der Waals surface area contributed by atoms with Crippen molar-refractivity contribution in [1.29, 1.82) is 0 Å². The summed E-state index contributed by atoms with van der Waals surface area (Å²) in [6.45, 7) is 3.96. The van der Waals surface area contributed by atoms with Gasteiger partial charge in [-0.15, -0.1) is 0 Å². The van der Waals surface area contributed by atoms with Crippen molar-refractivity contribution in [1.82, 2.24) is 8.80 Å². The molecule has 0 saturated heterocycles. The van der Waals surface area contributed by atoms with Gasteiger partial charge < -0.3 is 18.6 Å². The zero-order valence-electron chi connectivity index (χ0n) is 49.1. The third-order valence-electron chi connectivity index (χ3n) is 14.6. The van der Waals surface area contributed by atoms with E-state index in [4.69, 9.17) is 8.22 Å². The van der Waals surface area contributed by atoms with Gasteiger partial charge in [0.05, 0.1) is 58.2 Å². The van der Waals surface area contributed by atoms with Crippen molar-refractivity contribution >= 4 is 110 Å². The summed E-state index contributed by atoms with van der Waals surface area (Å²) in [4.78, 5) is 3.67. The van der Waals surface area contributed by atoms with Gasteiger partial charge in [0.2, 0.25) is 0 Å². The maximum atomic E-state index is 9.44. The second-order valence-corrected chi connectivity index (χ2v) is 18.6. The number of aromatic nitrogens is 2. The Morgan fingerprint density at radius 2 is 0.736 bits per heavy atom. The first-order chi connectivity index (χ1) is 39.8. The molecule has 0 unspecified atom stereocenters. The highest BCUT2D eigenvalue weighted by molar-refractivity contribution is 6.39. The Balaban J connectivity index is 1.17. The third kappa shape index (κ3) is 5.69. The predicted molar refractivity (Wildman–Crippen MR) is 305 cm³/mol. The number of aryl methyl sites for hydroxylation is 2. The Morgan fingerprint density at radius 3 is 1.15 bits per heavy atom. The van der Waals surface area contributed by atoms with Gasteiger partial charge >= 0.3 is 0 Å². The summed E-state index contributed by atoms with van der Waals surface area (Å²) in [6.07, 6.45) is 0. The average molecular weight is 929 g/mol. The minimum absolute atomic E-state index is 0.0418. The molecule has 0 aliphatic heterocycles. The van der Waals surface area contributed by atoms with Crippen LogP contribution >= 0.6 is 0 Å². The lowest BCUT2D eigenvalue weighted by Gasteiger charge is -2.27. The Morgan fingerprint density at radius 1 is 0.333 bits per heavy atom. The van der Waals surface area contributed by atoms with Crippen molar-refractivity contribution in [3.63, 3.8) is 0 Å². The SMILES string of the molecule is [2H]c1c([2H])c([2H])c(N(c2cccc(C)c2)c2ccc3c4c(-c5ccccc5)c5c(c(-c6ccccc6)c4n4c6ccccc6c2c34)c2ccc(N(c3cccc(C)c3)c3c([2H])c([2H])c([2H])c([2H])c3[2H])c3c4ccccc4n5c23)c([2H])c1[2H]. The summed E-state index contributed by atoms with van der Waals surface area (Å²) in [7, 11) is 0. The van der Waals surface area contributed by atoms with Gasteiger partial charge in [0.25, 0.3) is 0 Å². The fourth-order valence-electron chi connectivity index (χ4n) is 11.9. The smallest absolute Gasteiger partial charge is 0.0645 e. The van der Waals surface area contributed by atoms with Gasteiger partial charge in [-0.3, -0.25) is 0 Å². The third-order valence-corrected chi connectivity index (χ3v) is 14.6. The van der Waals surface area contributed by atoms with Gasteiger partial charge in [-0.2, -0.15) is 0 Å². The van der Waals surface area contributed by atoms with Crippen molar-refractivity contribution in [2.45, 2.75) is 13.8 Å². The van der Waals surface area contributed by atoms with E-state index in [0.29, 0.717) is 22.7 Å². The summed E-state index contributed by atoms with van der Waals surface area (Å²) in [6, 6.07) is 57.6. The Bertz CT molecular complexity index is 4830. The van der Waals surface area contributed by atoms with Crippen LogP contribution in [0.25, 0.3) is 98.4 Å². The molecule has 0 radical (unpaired) electrons. The van der Waals surface area contributed by atoms with Crippen LogP contribution < -0.4 is 9.80 Å². The number of rotatable bonds is 8. The highest BCUT2D eigenvalue weighted by Crippen LogP contribution is 2.57. The molecule has 15 rings (SSSR count). The Labute approximate surface area is 430 Å². The fraction of sp³-hybridized carbons (Fsp3) is 0.0294. The van der Waals surface area contributed by atoms with Crippen molar-refractivity contribution in [2.75, 3.05) is 9.80 Å². The molecule has 4 heterocycles. The number of hydrogen-bond acceptors (Lipinski definition) is 2. The van der Waals surface area contributed by atoms with E-state index in [2.05, 4.69) is 93.7 Å². The summed E-state index contributed by atoms with van der Waals surface area (Å²) in [5.41, 5.74) is 14.0. The average Bonchev–Trinajstić information content (AvgIpc) is 1.60. The normalized spacial score (nSPS) is 14.0. The van der Waals surface area contributed by atoms with E-state index in [1.807, 2.05) is 121 Å². The van der Waals surface area contributed by atoms with Gasteiger partial charge in [-0.05, 0) is 109 Å². The summed E-state index contributed by atoms with van der Waals surface area (Å²) >= 11 is 0. The first-order valence-corrected chi connectivity index (χ1v) is 24.1. The second kappa shape index (κ2) is 15.6. The zero-order valence-corrected chi connectivity index (χ0v) is 39.1. The number of benzene rings is 11. The predicted octanol–water partition coefficient (Wildman–Crippen LogP) is 18.9. The number of fused-ring (bicyclic) bond motifs is 12. The molecule has 0 aliphatic carbocycles. The largest absolute Gasteiger partial charge is 0.310 e. The van der Waals surface area contributed by atoms with Crippen LogP contribution in [0.5, 0.6) is 0 Å². The number of para-hydroxylation sites is 4. The quantitative estimate of drug-likeness (QED) is 0.151. The van der Waals surface area contributed by atoms with Gasteiger partial charge in [0.1, 0.15) is 0 Å². The molecule has 4 nitrogen and oxygen atoms in total. The summed E-state index contributed by atoms with van der Waals surface area (Å²) < 4.78 is 95.4. The van der Waals surface area contributed by atoms with Crippen LogP contribution in [0, 0.1) is 13.8 Å². The molecule has 0 amide bonds. The van der Waals surface area contributed by atoms with E-state index in [1.165, 1.54) is 0 Å². The van der Waals surface area contributed by atoms with Crippen LogP contribution in [-0.2, 0) is 0 Å². The van der Waals surface area contributed by atoms with E-state index in [0.717, 1.165) is 110 Å². The first-order valence-electron chi connectivity index (χ1n) is 29.1. The van der Waals surface area contributed by atoms with Gasteiger partial charge in [-0.25, -0.2) is 0 Å². The van der Waals surface area contributed by atoms with E-state index >= 15 is 0 Å². The fourth-order valence-corrected chi connectivity index (χ4v) is 11.9. The van der Waals surface area contributed by atoms with Crippen LogP contribution in [0.2, 0.25) is 0 Å². The first kappa shape index (κ1) is 31.7. The molecule has 0 bridgehead atoms. The van der Waals surface area contributed by atoms with Crippen LogP contribution in [0.4, 0.5) is 34.1 Å². The Hall–Kier alpha value is -9.38. The highest BCUT2D eigenvalue weighted by Gasteiger charge is 2.33. The maximum Gasteiger partial charge on any atom is 0.0645 e. The molecule has 0 N–H and O–H groups in total. The van der Waals surface area contributed by atoms with E-state index in [-0.39, 0.29) is 35.5 Å². The van der Waals surface area contributed by atoms with Crippen molar-refractivity contribution in [3.8, 4) is 22.3 Å². The van der Waals surface area contributed by atoms with Gasteiger partial charge in [0, 0.05) is 77.0 Å². The zero-order chi connectivity index (χ0) is 56.3. The van der Waals surface area contributed by atoms with Crippen molar-refractivity contribution in [2.24, 2.45) is 0 Å².